The summed E-state index contributed by atoms with van der Waals surface area (Å²) in [5.41, 5.74) is 0.781. The Morgan fingerprint density at radius 3 is 2.86 bits per heavy atom. The standard InChI is InChI=1S/C13H9ClF2N4O/c14-11-4-3-9(6-18-11)7-20-5-1-2-10(21-13(15)16)12(20)19-8-17/h1-6,13H,7H2/b19-12+. The van der Waals surface area contributed by atoms with Gasteiger partial charge in [0.2, 0.25) is 6.19 Å². The summed E-state index contributed by atoms with van der Waals surface area (Å²) < 4.78 is 30.6. The van der Waals surface area contributed by atoms with Gasteiger partial charge in [-0.15, -0.1) is 0 Å². The monoisotopic (exact) mass is 310 g/mol. The zero-order valence-corrected chi connectivity index (χ0v) is 11.3. The van der Waals surface area contributed by atoms with Gasteiger partial charge in [0, 0.05) is 12.4 Å². The fraction of sp³-hybridized carbons (Fsp3) is 0.154. The van der Waals surface area contributed by atoms with E-state index in [0.29, 0.717) is 5.15 Å². The van der Waals surface area contributed by atoms with Gasteiger partial charge >= 0.3 is 6.61 Å². The lowest BCUT2D eigenvalue weighted by atomic mass is 10.3. The molecule has 0 fully saturated rings. The molecule has 8 heteroatoms. The van der Waals surface area contributed by atoms with Crippen molar-refractivity contribution in [3.63, 3.8) is 0 Å². The fourth-order valence-electron chi connectivity index (χ4n) is 1.70. The van der Waals surface area contributed by atoms with Crippen LogP contribution in [0.15, 0.2) is 41.7 Å². The van der Waals surface area contributed by atoms with Crippen molar-refractivity contribution in [2.24, 2.45) is 4.99 Å². The second kappa shape index (κ2) is 6.81. The molecule has 21 heavy (non-hydrogen) atoms. The smallest absolute Gasteiger partial charge is 0.387 e. The van der Waals surface area contributed by atoms with Gasteiger partial charge in [-0.2, -0.15) is 19.0 Å². The number of halogens is 3. The number of pyridine rings is 2. The first kappa shape index (κ1) is 14.9. The number of alkyl halides is 2. The van der Waals surface area contributed by atoms with Gasteiger partial charge in [-0.05, 0) is 23.8 Å². The Labute approximate surface area is 123 Å². The molecule has 0 bridgehead atoms. The minimum absolute atomic E-state index is 0.00949. The maximum atomic E-state index is 12.4. The van der Waals surface area contributed by atoms with E-state index in [-0.39, 0.29) is 17.8 Å². The van der Waals surface area contributed by atoms with Crippen LogP contribution in [0, 0.1) is 11.5 Å². The molecule has 5 nitrogen and oxygen atoms in total. The number of aromatic nitrogens is 2. The van der Waals surface area contributed by atoms with E-state index in [1.165, 1.54) is 16.7 Å². The van der Waals surface area contributed by atoms with E-state index < -0.39 is 6.61 Å². The van der Waals surface area contributed by atoms with Crippen LogP contribution in [-0.2, 0) is 6.54 Å². The van der Waals surface area contributed by atoms with Crippen LogP contribution in [0.3, 0.4) is 0 Å². The molecule has 0 aromatic carbocycles. The average molecular weight is 311 g/mol. The first-order valence-corrected chi connectivity index (χ1v) is 6.15. The Morgan fingerprint density at radius 1 is 1.43 bits per heavy atom. The van der Waals surface area contributed by atoms with Crippen LogP contribution in [0.5, 0.6) is 5.75 Å². The zero-order chi connectivity index (χ0) is 15.2. The van der Waals surface area contributed by atoms with E-state index >= 15 is 0 Å². The molecule has 0 aliphatic rings. The molecule has 0 saturated carbocycles. The van der Waals surface area contributed by atoms with Crippen LogP contribution in [0.1, 0.15) is 5.56 Å². The van der Waals surface area contributed by atoms with Gasteiger partial charge in [-0.1, -0.05) is 17.7 Å². The normalized spacial score (nSPS) is 11.5. The van der Waals surface area contributed by atoms with Gasteiger partial charge in [-0.3, -0.25) is 0 Å². The molecule has 108 valence electrons. The van der Waals surface area contributed by atoms with Crippen LogP contribution < -0.4 is 10.2 Å². The average Bonchev–Trinajstić information content (AvgIpc) is 2.44. The van der Waals surface area contributed by atoms with Crippen molar-refractivity contribution >= 4 is 11.6 Å². The predicted octanol–water partition coefficient (Wildman–Crippen LogP) is 2.57. The van der Waals surface area contributed by atoms with Crippen molar-refractivity contribution in [2.75, 3.05) is 0 Å². The van der Waals surface area contributed by atoms with E-state index in [1.54, 1.807) is 30.7 Å². The van der Waals surface area contributed by atoms with Gasteiger partial charge in [0.1, 0.15) is 5.15 Å². The summed E-state index contributed by atoms with van der Waals surface area (Å²) in [4.78, 5) is 7.46. The summed E-state index contributed by atoms with van der Waals surface area (Å²) in [7, 11) is 0. The highest BCUT2D eigenvalue weighted by Gasteiger charge is 2.09. The maximum Gasteiger partial charge on any atom is 0.387 e. The minimum Gasteiger partial charge on any atom is -0.431 e. The van der Waals surface area contributed by atoms with Crippen LogP contribution >= 0.6 is 11.6 Å². The first-order chi connectivity index (χ1) is 10.1. The van der Waals surface area contributed by atoms with Crippen molar-refractivity contribution < 1.29 is 13.5 Å². The highest BCUT2D eigenvalue weighted by Crippen LogP contribution is 2.10. The van der Waals surface area contributed by atoms with E-state index in [4.69, 9.17) is 16.9 Å². The Balaban J connectivity index is 2.41. The van der Waals surface area contributed by atoms with Crippen molar-refractivity contribution in [1.82, 2.24) is 9.55 Å². The topological polar surface area (TPSA) is 63.2 Å². The Morgan fingerprint density at radius 2 is 2.24 bits per heavy atom. The third-order valence-corrected chi connectivity index (χ3v) is 2.74. The van der Waals surface area contributed by atoms with Crippen LogP contribution in [-0.4, -0.2) is 16.2 Å². The summed E-state index contributed by atoms with van der Waals surface area (Å²) in [5.74, 6) is -0.170. The predicted molar refractivity (Wildman–Crippen MR) is 70.6 cm³/mol. The van der Waals surface area contributed by atoms with Gasteiger partial charge in [0.05, 0.1) is 6.54 Å². The Kier molecular flexibility index (Phi) is 4.85. The third kappa shape index (κ3) is 4.00. The fourth-order valence-corrected chi connectivity index (χ4v) is 1.81. The maximum absolute atomic E-state index is 12.4. The molecule has 2 aromatic rings. The van der Waals surface area contributed by atoms with E-state index in [2.05, 4.69) is 14.7 Å². The molecule has 2 rings (SSSR count). The quantitative estimate of drug-likeness (QED) is 0.644. The summed E-state index contributed by atoms with van der Waals surface area (Å²) >= 11 is 5.70. The van der Waals surface area contributed by atoms with Crippen molar-refractivity contribution in [3.8, 4) is 11.9 Å². The molecule has 0 atom stereocenters. The SMILES string of the molecule is N#C/N=c1\c(OC(F)F)cccn1Cc1ccc(Cl)nc1. The number of nitrogens with zero attached hydrogens (tertiary/aromatic N) is 4. The van der Waals surface area contributed by atoms with Crippen LogP contribution in [0.4, 0.5) is 8.78 Å². The Hall–Kier alpha value is -2.46. The third-order valence-electron chi connectivity index (χ3n) is 2.52. The highest BCUT2D eigenvalue weighted by atomic mass is 35.5. The minimum atomic E-state index is -2.99. The lowest BCUT2D eigenvalue weighted by molar-refractivity contribution is -0.0512. The summed E-state index contributed by atoms with van der Waals surface area (Å²) in [5, 5.41) is 9.05. The molecule has 0 amide bonds. The molecule has 2 aromatic heterocycles. The lowest BCUT2D eigenvalue weighted by Gasteiger charge is -2.11. The first-order valence-electron chi connectivity index (χ1n) is 5.77. The number of hydrogen-bond acceptors (Lipinski definition) is 4. The van der Waals surface area contributed by atoms with Crippen molar-refractivity contribution in [1.29, 1.82) is 5.26 Å². The van der Waals surface area contributed by atoms with Crippen LogP contribution in [0.2, 0.25) is 5.15 Å². The van der Waals surface area contributed by atoms with E-state index in [1.807, 2.05) is 0 Å². The van der Waals surface area contributed by atoms with Gasteiger partial charge in [-0.25, -0.2) is 4.98 Å². The zero-order valence-electron chi connectivity index (χ0n) is 10.6. The summed E-state index contributed by atoms with van der Waals surface area (Å²) in [6.45, 7) is -2.71. The molecular weight excluding hydrogens is 302 g/mol. The molecule has 0 radical (unpaired) electrons. The lowest BCUT2D eigenvalue weighted by Crippen LogP contribution is -2.24. The molecule has 0 saturated heterocycles. The molecule has 0 spiro atoms. The molecule has 0 aliphatic carbocycles. The highest BCUT2D eigenvalue weighted by molar-refractivity contribution is 6.29. The molecule has 0 N–H and O–H groups in total. The van der Waals surface area contributed by atoms with E-state index in [0.717, 1.165) is 5.56 Å². The molecule has 0 aliphatic heterocycles. The summed E-state index contributed by atoms with van der Waals surface area (Å²) in [6, 6.07) is 6.19. The molecular formula is C13H9ClF2N4O. The number of nitriles is 1. The van der Waals surface area contributed by atoms with Crippen molar-refractivity contribution in [2.45, 2.75) is 13.2 Å². The molecule has 0 unspecified atom stereocenters. The number of hydrogen-bond donors (Lipinski definition) is 0. The van der Waals surface area contributed by atoms with E-state index in [9.17, 15) is 8.78 Å². The number of rotatable bonds is 4. The van der Waals surface area contributed by atoms with Gasteiger partial charge in [0.25, 0.3) is 0 Å². The van der Waals surface area contributed by atoms with Gasteiger partial charge < -0.3 is 9.30 Å². The van der Waals surface area contributed by atoms with Crippen molar-refractivity contribution in [3.05, 3.63) is 52.9 Å². The Bertz CT molecular complexity index is 722. The largest absolute Gasteiger partial charge is 0.431 e. The summed E-state index contributed by atoms with van der Waals surface area (Å²) in [6.07, 6.45) is 4.72. The second-order valence-electron chi connectivity index (χ2n) is 3.90. The number of ether oxygens (including phenoxy) is 1. The van der Waals surface area contributed by atoms with Gasteiger partial charge in [0.15, 0.2) is 11.2 Å². The van der Waals surface area contributed by atoms with Crippen LogP contribution in [0.25, 0.3) is 0 Å². The molecule has 2 heterocycles. The second-order valence-corrected chi connectivity index (χ2v) is 4.29.